The molecular weight excluding hydrogens is 221 g/mol. The van der Waals surface area contributed by atoms with Crippen molar-refractivity contribution >= 4 is 111 Å². The Morgan fingerprint density at radius 3 is 0.800 bits per heavy atom. The second-order valence-electron chi connectivity index (χ2n) is 0.513. The van der Waals surface area contributed by atoms with Gasteiger partial charge in [0.2, 0.25) is 0 Å². The molecule has 0 saturated heterocycles. The largest absolute Gasteiger partial charge is 0.466 e. The maximum atomic E-state index is 8.88. The van der Waals surface area contributed by atoms with Gasteiger partial charge in [0.25, 0.3) is 0 Å². The standard InChI is InChI=1S/2K.H3O4P.3H2O/c;;1-5(2,3)4;;;/h;;(H3,1,2,3,4);3*1H2. The van der Waals surface area contributed by atoms with Gasteiger partial charge in [-0.05, 0) is 0 Å². The Labute approximate surface area is 143 Å². The predicted molar refractivity (Wildman–Crippen MR) is 36.6 cm³/mol. The summed E-state index contributed by atoms with van der Waals surface area (Å²) in [5.74, 6) is 0. The van der Waals surface area contributed by atoms with Crippen LogP contribution in [0.5, 0.6) is 0 Å². The van der Waals surface area contributed by atoms with Crippen molar-refractivity contribution in [1.29, 1.82) is 0 Å². The second kappa shape index (κ2) is 18.1. The molecule has 0 fully saturated rings. The Kier molecular flexibility index (Phi) is 68.5. The molecule has 0 heterocycles. The molecule has 0 aliphatic carbocycles. The van der Waals surface area contributed by atoms with Crippen molar-refractivity contribution in [3.8, 4) is 0 Å². The third-order valence-electron chi connectivity index (χ3n) is 0. The van der Waals surface area contributed by atoms with E-state index >= 15 is 0 Å². The van der Waals surface area contributed by atoms with E-state index in [1.54, 1.807) is 0 Å². The van der Waals surface area contributed by atoms with Crippen molar-refractivity contribution in [2.75, 3.05) is 0 Å². The quantitative estimate of drug-likeness (QED) is 0.283. The van der Waals surface area contributed by atoms with Crippen LogP contribution >= 0.6 is 7.82 Å². The van der Waals surface area contributed by atoms with Gasteiger partial charge >= 0.3 is 7.82 Å². The molecule has 0 atom stereocenters. The van der Waals surface area contributed by atoms with Gasteiger partial charge in [0.1, 0.15) is 0 Å². The van der Waals surface area contributed by atoms with E-state index < -0.39 is 7.82 Å². The van der Waals surface area contributed by atoms with Crippen molar-refractivity contribution < 1.29 is 35.7 Å². The zero-order chi connectivity index (χ0) is 4.50. The average molecular weight is 230 g/mol. The SMILES string of the molecule is O.O.O.O=P(O)(O)O.[K].[K]. The fourth-order valence-corrected chi connectivity index (χ4v) is 0. The minimum absolute atomic E-state index is 0. The first kappa shape index (κ1) is 37.8. The van der Waals surface area contributed by atoms with Gasteiger partial charge in [0.05, 0.1) is 0 Å². The first-order valence-corrected chi connectivity index (χ1v) is 2.35. The van der Waals surface area contributed by atoms with Gasteiger partial charge in [0, 0.05) is 103 Å². The van der Waals surface area contributed by atoms with E-state index in [9.17, 15) is 0 Å². The Balaban J connectivity index is -0.00000000800. The van der Waals surface area contributed by atoms with Gasteiger partial charge in [-0.2, -0.15) is 0 Å². The predicted octanol–water partition coefficient (Wildman–Crippen LogP) is -4.16. The van der Waals surface area contributed by atoms with E-state index in [0.717, 1.165) is 0 Å². The first-order chi connectivity index (χ1) is 2.00. The van der Waals surface area contributed by atoms with Gasteiger partial charge < -0.3 is 31.1 Å². The van der Waals surface area contributed by atoms with E-state index in [4.69, 9.17) is 19.2 Å². The summed E-state index contributed by atoms with van der Waals surface area (Å²) in [6.45, 7) is 0. The molecule has 0 aromatic rings. The van der Waals surface area contributed by atoms with E-state index in [1.165, 1.54) is 0 Å². The van der Waals surface area contributed by atoms with Crippen LogP contribution in [0.3, 0.4) is 0 Å². The summed E-state index contributed by atoms with van der Waals surface area (Å²) >= 11 is 0. The topological polar surface area (TPSA) is 172 Å². The molecule has 0 aromatic heterocycles. The molecule has 10 heavy (non-hydrogen) atoms. The first-order valence-electron chi connectivity index (χ1n) is 0.783. The average Bonchev–Trinajstić information content (AvgIpc) is 0.722. The van der Waals surface area contributed by atoms with Gasteiger partial charge in [-0.15, -0.1) is 0 Å². The van der Waals surface area contributed by atoms with Crippen LogP contribution in [0.2, 0.25) is 0 Å². The number of hydrogen-bond donors (Lipinski definition) is 3. The monoisotopic (exact) mass is 230 g/mol. The summed E-state index contributed by atoms with van der Waals surface area (Å²) in [4.78, 5) is 21.6. The van der Waals surface area contributed by atoms with Crippen molar-refractivity contribution in [3.63, 3.8) is 0 Å². The van der Waals surface area contributed by atoms with Gasteiger partial charge in [-0.1, -0.05) is 0 Å². The van der Waals surface area contributed by atoms with Crippen LogP contribution < -0.4 is 0 Å². The second-order valence-corrected chi connectivity index (χ2v) is 1.54. The molecule has 7 nitrogen and oxygen atoms in total. The Morgan fingerprint density at radius 2 is 0.800 bits per heavy atom. The van der Waals surface area contributed by atoms with Crippen LogP contribution in [0.15, 0.2) is 0 Å². The zero-order valence-electron chi connectivity index (χ0n) is 5.70. The molecule has 0 amide bonds. The van der Waals surface area contributed by atoms with Crippen LogP contribution in [0.4, 0.5) is 0 Å². The van der Waals surface area contributed by atoms with Crippen molar-refractivity contribution in [1.82, 2.24) is 0 Å². The molecule has 0 aliphatic heterocycles. The summed E-state index contributed by atoms with van der Waals surface area (Å²) in [6, 6.07) is 0. The van der Waals surface area contributed by atoms with Crippen molar-refractivity contribution in [2.24, 2.45) is 0 Å². The van der Waals surface area contributed by atoms with Crippen LogP contribution in [-0.4, -0.2) is 134 Å². The maximum absolute atomic E-state index is 8.88. The van der Waals surface area contributed by atoms with Crippen LogP contribution in [0.1, 0.15) is 0 Å². The van der Waals surface area contributed by atoms with Gasteiger partial charge in [-0.25, -0.2) is 4.57 Å². The molecule has 0 saturated carbocycles. The molecule has 0 rings (SSSR count). The number of hydrogen-bond acceptors (Lipinski definition) is 1. The van der Waals surface area contributed by atoms with Gasteiger partial charge in [0.15, 0.2) is 0 Å². The molecule has 10 heteroatoms. The van der Waals surface area contributed by atoms with E-state index in [1.807, 2.05) is 0 Å². The summed E-state index contributed by atoms with van der Waals surface area (Å²) < 4.78 is 8.88. The number of rotatable bonds is 0. The van der Waals surface area contributed by atoms with Crippen molar-refractivity contribution in [3.05, 3.63) is 0 Å². The van der Waals surface area contributed by atoms with E-state index in [0.29, 0.717) is 0 Å². The number of phosphoric acid groups is 1. The Bertz CT molecular complexity index is 57.7. The molecule has 0 aromatic carbocycles. The minimum Gasteiger partial charge on any atom is -0.412 e. The summed E-state index contributed by atoms with van der Waals surface area (Å²) in [6.07, 6.45) is 0. The summed E-state index contributed by atoms with van der Waals surface area (Å²) in [5.41, 5.74) is 0. The smallest absolute Gasteiger partial charge is 0.412 e. The Hall–Kier alpha value is 3.26. The molecule has 0 spiro atoms. The molecule has 58 valence electrons. The third kappa shape index (κ3) is 111. The van der Waals surface area contributed by atoms with Crippen LogP contribution in [0.25, 0.3) is 0 Å². The van der Waals surface area contributed by atoms with Crippen LogP contribution in [-0.2, 0) is 4.57 Å². The van der Waals surface area contributed by atoms with Crippen molar-refractivity contribution in [2.45, 2.75) is 0 Å². The zero-order valence-corrected chi connectivity index (χ0v) is 12.8. The molecule has 9 N–H and O–H groups in total. The molecule has 0 aliphatic rings. The molecular formula is H9K2O7P. The minimum atomic E-state index is -4.64. The summed E-state index contributed by atoms with van der Waals surface area (Å²) in [5, 5.41) is 0. The molecule has 2 radical (unpaired) electrons. The molecule has 0 unspecified atom stereocenters. The summed E-state index contributed by atoms with van der Waals surface area (Å²) in [7, 11) is -4.64. The maximum Gasteiger partial charge on any atom is 0.466 e. The fourth-order valence-electron chi connectivity index (χ4n) is 0. The van der Waals surface area contributed by atoms with Gasteiger partial charge in [-0.3, -0.25) is 0 Å². The van der Waals surface area contributed by atoms with E-state index in [2.05, 4.69) is 0 Å². The Morgan fingerprint density at radius 1 is 0.800 bits per heavy atom. The van der Waals surface area contributed by atoms with Crippen LogP contribution in [0, 0.1) is 0 Å². The molecule has 0 bridgehead atoms. The normalized spacial score (nSPS) is 5.90. The fraction of sp³-hybridized carbons (Fsp3) is 0. The van der Waals surface area contributed by atoms with E-state index in [-0.39, 0.29) is 119 Å². The third-order valence-corrected chi connectivity index (χ3v) is 0.